The molecule has 0 fully saturated rings. The summed E-state index contributed by atoms with van der Waals surface area (Å²) in [5.41, 5.74) is 2.52. The second kappa shape index (κ2) is 8.96. The standard InChI is InChI=1S/C23H28N6O3/c1-15(2)18-17(14-27(3)26-18)20-24-21-19(28(20)11-8-12-32-4)22(30)25-23(31)29(21)13-16-9-6-5-7-10-16/h5-7,9-10,14-15H,8,11-13H2,1-4H3,(H,25,30,31). The molecule has 9 heteroatoms. The Bertz CT molecular complexity index is 1340. The van der Waals surface area contributed by atoms with Crippen molar-refractivity contribution in [1.82, 2.24) is 28.9 Å². The van der Waals surface area contributed by atoms with E-state index in [0.717, 1.165) is 16.8 Å². The number of fused-ring (bicyclic) bond motifs is 1. The normalized spacial score (nSPS) is 11.7. The van der Waals surface area contributed by atoms with Crippen LogP contribution in [0.25, 0.3) is 22.6 Å². The third-order valence-electron chi connectivity index (χ3n) is 5.44. The zero-order valence-corrected chi connectivity index (χ0v) is 18.8. The molecule has 4 aromatic rings. The first-order valence-corrected chi connectivity index (χ1v) is 10.7. The van der Waals surface area contributed by atoms with Crippen molar-refractivity contribution in [3.63, 3.8) is 0 Å². The maximum atomic E-state index is 12.9. The Morgan fingerprint density at radius 2 is 1.88 bits per heavy atom. The second-order valence-corrected chi connectivity index (χ2v) is 8.19. The number of H-pyrrole nitrogens is 1. The van der Waals surface area contributed by atoms with Crippen LogP contribution in [0.2, 0.25) is 0 Å². The van der Waals surface area contributed by atoms with Crippen LogP contribution in [0.3, 0.4) is 0 Å². The van der Waals surface area contributed by atoms with E-state index >= 15 is 0 Å². The number of rotatable bonds is 8. The number of hydrogen-bond donors (Lipinski definition) is 1. The monoisotopic (exact) mass is 436 g/mol. The molecule has 3 heterocycles. The van der Waals surface area contributed by atoms with E-state index in [-0.39, 0.29) is 5.92 Å². The van der Waals surface area contributed by atoms with Crippen LogP contribution in [0.4, 0.5) is 0 Å². The van der Waals surface area contributed by atoms with Crippen LogP contribution in [-0.4, -0.2) is 42.6 Å². The molecule has 0 amide bonds. The molecular formula is C23H28N6O3. The highest BCUT2D eigenvalue weighted by atomic mass is 16.5. The minimum absolute atomic E-state index is 0.170. The molecule has 0 aliphatic carbocycles. The maximum absolute atomic E-state index is 12.9. The van der Waals surface area contributed by atoms with E-state index in [1.807, 2.05) is 48.1 Å². The van der Waals surface area contributed by atoms with Crippen molar-refractivity contribution in [2.75, 3.05) is 13.7 Å². The van der Waals surface area contributed by atoms with Crippen LogP contribution in [0.15, 0.2) is 46.1 Å². The van der Waals surface area contributed by atoms with E-state index < -0.39 is 11.2 Å². The number of nitrogens with one attached hydrogen (secondary N) is 1. The molecule has 4 rings (SSSR count). The molecule has 0 aliphatic rings. The van der Waals surface area contributed by atoms with Gasteiger partial charge in [0.2, 0.25) is 0 Å². The zero-order valence-electron chi connectivity index (χ0n) is 18.8. The number of benzene rings is 1. The lowest BCUT2D eigenvalue weighted by atomic mass is 10.1. The van der Waals surface area contributed by atoms with Gasteiger partial charge in [0, 0.05) is 33.5 Å². The van der Waals surface area contributed by atoms with Gasteiger partial charge >= 0.3 is 5.69 Å². The summed E-state index contributed by atoms with van der Waals surface area (Å²) in [5, 5.41) is 4.61. The van der Waals surface area contributed by atoms with Gasteiger partial charge in [-0.15, -0.1) is 0 Å². The summed E-state index contributed by atoms with van der Waals surface area (Å²) >= 11 is 0. The van der Waals surface area contributed by atoms with Gasteiger partial charge in [0.25, 0.3) is 5.56 Å². The Kier molecular flexibility index (Phi) is 6.09. The first-order valence-electron chi connectivity index (χ1n) is 10.7. The minimum atomic E-state index is -0.477. The number of aryl methyl sites for hydroxylation is 2. The third-order valence-corrected chi connectivity index (χ3v) is 5.44. The lowest BCUT2D eigenvalue weighted by molar-refractivity contribution is 0.191. The summed E-state index contributed by atoms with van der Waals surface area (Å²) in [5.74, 6) is 0.800. The van der Waals surface area contributed by atoms with Crippen LogP contribution in [0.5, 0.6) is 0 Å². The molecule has 0 aliphatic heterocycles. The minimum Gasteiger partial charge on any atom is -0.385 e. The molecular weight excluding hydrogens is 408 g/mol. The molecule has 0 atom stereocenters. The van der Waals surface area contributed by atoms with E-state index in [9.17, 15) is 9.59 Å². The van der Waals surface area contributed by atoms with Crippen molar-refractivity contribution < 1.29 is 4.74 Å². The van der Waals surface area contributed by atoms with Gasteiger partial charge in [0.05, 0.1) is 17.8 Å². The quantitative estimate of drug-likeness (QED) is 0.428. The second-order valence-electron chi connectivity index (χ2n) is 8.19. The Labute approximate surface area is 185 Å². The number of methoxy groups -OCH3 is 1. The molecule has 0 radical (unpaired) electrons. The Hall–Kier alpha value is -3.46. The summed E-state index contributed by atoms with van der Waals surface area (Å²) in [6.45, 7) is 5.53. The largest absolute Gasteiger partial charge is 0.385 e. The van der Waals surface area contributed by atoms with E-state index in [4.69, 9.17) is 9.72 Å². The number of aromatic amines is 1. The van der Waals surface area contributed by atoms with Gasteiger partial charge in [0.15, 0.2) is 11.2 Å². The summed E-state index contributed by atoms with van der Waals surface area (Å²) in [6.07, 6.45) is 2.61. The molecule has 1 aromatic carbocycles. The van der Waals surface area contributed by atoms with Crippen LogP contribution in [0.1, 0.15) is 37.4 Å². The van der Waals surface area contributed by atoms with E-state index in [1.165, 1.54) is 4.57 Å². The van der Waals surface area contributed by atoms with Crippen molar-refractivity contribution in [1.29, 1.82) is 0 Å². The van der Waals surface area contributed by atoms with E-state index in [2.05, 4.69) is 23.9 Å². The first kappa shape index (κ1) is 21.8. The molecule has 168 valence electrons. The highest BCUT2D eigenvalue weighted by Gasteiger charge is 2.23. The number of nitrogens with zero attached hydrogens (tertiary/aromatic N) is 5. The maximum Gasteiger partial charge on any atom is 0.330 e. The van der Waals surface area contributed by atoms with Crippen LogP contribution in [0, 0.1) is 0 Å². The Morgan fingerprint density at radius 1 is 1.12 bits per heavy atom. The smallest absolute Gasteiger partial charge is 0.330 e. The average Bonchev–Trinajstić information content (AvgIpc) is 3.33. The molecule has 0 bridgehead atoms. The Morgan fingerprint density at radius 3 is 2.56 bits per heavy atom. The average molecular weight is 437 g/mol. The first-order chi connectivity index (χ1) is 15.4. The number of imidazole rings is 1. The van der Waals surface area contributed by atoms with E-state index in [1.54, 1.807) is 11.8 Å². The molecule has 9 nitrogen and oxygen atoms in total. The van der Waals surface area contributed by atoms with Crippen molar-refractivity contribution >= 4 is 11.2 Å². The van der Waals surface area contributed by atoms with Gasteiger partial charge in [-0.1, -0.05) is 44.2 Å². The fraction of sp³-hybridized carbons (Fsp3) is 0.391. The van der Waals surface area contributed by atoms with Crippen LogP contribution < -0.4 is 11.2 Å². The number of ether oxygens (including phenoxy) is 1. The molecule has 3 aromatic heterocycles. The van der Waals surface area contributed by atoms with Gasteiger partial charge in [-0.05, 0) is 17.9 Å². The predicted octanol–water partition coefficient (Wildman–Crippen LogP) is 2.50. The Balaban J connectivity index is 1.98. The fourth-order valence-electron chi connectivity index (χ4n) is 3.98. The van der Waals surface area contributed by atoms with E-state index in [0.29, 0.717) is 43.1 Å². The van der Waals surface area contributed by atoms with Gasteiger partial charge in [-0.2, -0.15) is 5.10 Å². The summed E-state index contributed by atoms with van der Waals surface area (Å²) in [6, 6.07) is 9.65. The van der Waals surface area contributed by atoms with Crippen LogP contribution >= 0.6 is 0 Å². The van der Waals surface area contributed by atoms with Gasteiger partial charge in [-0.3, -0.25) is 19.0 Å². The molecule has 0 spiro atoms. The molecule has 0 saturated heterocycles. The third kappa shape index (κ3) is 4.03. The molecule has 0 unspecified atom stereocenters. The molecule has 1 N–H and O–H groups in total. The summed E-state index contributed by atoms with van der Waals surface area (Å²) < 4.78 is 10.4. The van der Waals surface area contributed by atoms with Gasteiger partial charge in [-0.25, -0.2) is 9.78 Å². The highest BCUT2D eigenvalue weighted by Crippen LogP contribution is 2.29. The van der Waals surface area contributed by atoms with Gasteiger partial charge < -0.3 is 9.30 Å². The fourth-order valence-corrected chi connectivity index (χ4v) is 3.98. The predicted molar refractivity (Wildman–Crippen MR) is 123 cm³/mol. The van der Waals surface area contributed by atoms with Crippen LogP contribution in [-0.2, 0) is 24.9 Å². The van der Waals surface area contributed by atoms with Crippen molar-refractivity contribution in [3.8, 4) is 11.4 Å². The number of hydrogen-bond acceptors (Lipinski definition) is 5. The zero-order chi connectivity index (χ0) is 22.8. The summed E-state index contributed by atoms with van der Waals surface area (Å²) in [4.78, 5) is 33.0. The number of aromatic nitrogens is 6. The lowest BCUT2D eigenvalue weighted by Crippen LogP contribution is -2.31. The van der Waals surface area contributed by atoms with Crippen molar-refractivity contribution in [2.45, 2.75) is 39.3 Å². The van der Waals surface area contributed by atoms with Gasteiger partial charge in [0.1, 0.15) is 5.82 Å². The molecule has 0 saturated carbocycles. The topological polar surface area (TPSA) is 99.7 Å². The van der Waals surface area contributed by atoms with Crippen molar-refractivity contribution in [3.05, 3.63) is 68.6 Å². The summed E-state index contributed by atoms with van der Waals surface area (Å²) in [7, 11) is 3.51. The lowest BCUT2D eigenvalue weighted by Gasteiger charge is -2.10. The molecule has 32 heavy (non-hydrogen) atoms. The SMILES string of the molecule is COCCCn1c(-c2cn(C)nc2C(C)C)nc2c1c(=O)[nH]c(=O)n2Cc1ccccc1. The highest BCUT2D eigenvalue weighted by molar-refractivity contribution is 5.77. The van der Waals surface area contributed by atoms with Crippen molar-refractivity contribution in [2.24, 2.45) is 7.05 Å².